The summed E-state index contributed by atoms with van der Waals surface area (Å²) in [5.74, 6) is 0.476. The Morgan fingerprint density at radius 1 is 1.18 bits per heavy atom. The third kappa shape index (κ3) is 6.35. The van der Waals surface area contributed by atoms with E-state index >= 15 is 0 Å². The van der Waals surface area contributed by atoms with Gasteiger partial charge in [-0.2, -0.15) is 5.10 Å². The lowest BCUT2D eigenvalue weighted by Gasteiger charge is -2.29. The van der Waals surface area contributed by atoms with Crippen molar-refractivity contribution in [1.82, 2.24) is 34.9 Å². The van der Waals surface area contributed by atoms with Crippen LogP contribution in [0.3, 0.4) is 0 Å². The molecule has 214 valence electrons. The number of fused-ring (bicyclic) bond motifs is 2. The fourth-order valence-corrected chi connectivity index (χ4v) is 5.10. The number of pyridine rings is 1. The largest absolute Gasteiger partial charge is 0.360 e. The molecule has 11 nitrogen and oxygen atoms in total. The van der Waals surface area contributed by atoms with Crippen molar-refractivity contribution in [1.29, 1.82) is 0 Å². The predicted octanol–water partition coefficient (Wildman–Crippen LogP) is 3.07. The topological polar surface area (TPSA) is 133 Å². The highest BCUT2D eigenvalue weighted by Gasteiger charge is 2.29. The number of nitrogens with zero attached hydrogens (tertiary/aromatic N) is 5. The van der Waals surface area contributed by atoms with Crippen LogP contribution in [0.4, 0.5) is 0 Å². The van der Waals surface area contributed by atoms with Crippen molar-refractivity contribution in [2.24, 2.45) is 5.92 Å². The van der Waals surface area contributed by atoms with Crippen LogP contribution < -0.4 is 10.7 Å². The van der Waals surface area contributed by atoms with Gasteiger partial charge in [0, 0.05) is 43.2 Å². The summed E-state index contributed by atoms with van der Waals surface area (Å²) in [4.78, 5) is 63.7. The lowest BCUT2D eigenvalue weighted by atomic mass is 10.0. The standard InChI is InChI=1S/C28H36ClN7O4/c1-16(2)13-23-26-31-18(4)33-36(26)12-11-35(10-6-7-24(37)34(5)17(3)27(39)32-23)28(40)21-15-30-22-14-19(29)8-9-20(22)25(21)38/h8-9,14-17,23H,6-7,10-13H2,1-5H3,(H,30,38)(H,32,39)/t17-,23+/m0/s1. The predicted molar refractivity (Wildman–Crippen MR) is 152 cm³/mol. The van der Waals surface area contributed by atoms with Crippen LogP contribution >= 0.6 is 11.6 Å². The second-order valence-electron chi connectivity index (χ2n) is 10.7. The molecule has 0 saturated carbocycles. The van der Waals surface area contributed by atoms with Crippen LogP contribution in [0.1, 0.15) is 68.1 Å². The Kier molecular flexibility index (Phi) is 8.92. The molecule has 4 rings (SSSR count). The maximum absolute atomic E-state index is 13.7. The molecule has 40 heavy (non-hydrogen) atoms. The third-order valence-electron chi connectivity index (χ3n) is 7.26. The first-order valence-electron chi connectivity index (χ1n) is 13.5. The van der Waals surface area contributed by atoms with Gasteiger partial charge >= 0.3 is 0 Å². The molecule has 0 aliphatic carbocycles. The van der Waals surface area contributed by atoms with Crippen LogP contribution in [0.2, 0.25) is 5.02 Å². The minimum Gasteiger partial charge on any atom is -0.360 e. The summed E-state index contributed by atoms with van der Waals surface area (Å²) < 4.78 is 1.72. The normalized spacial score (nSPS) is 19.5. The molecule has 0 bridgehead atoms. The maximum atomic E-state index is 13.7. The number of aromatic nitrogens is 4. The minimum absolute atomic E-state index is 0.00736. The van der Waals surface area contributed by atoms with E-state index in [9.17, 15) is 19.2 Å². The summed E-state index contributed by atoms with van der Waals surface area (Å²) in [7, 11) is 1.60. The molecule has 0 spiro atoms. The maximum Gasteiger partial charge on any atom is 0.259 e. The Morgan fingerprint density at radius 3 is 2.65 bits per heavy atom. The molecule has 1 aromatic carbocycles. The van der Waals surface area contributed by atoms with Gasteiger partial charge in [-0.25, -0.2) is 9.67 Å². The number of hydrogen-bond acceptors (Lipinski definition) is 6. The van der Waals surface area contributed by atoms with Crippen molar-refractivity contribution in [2.45, 2.75) is 65.6 Å². The van der Waals surface area contributed by atoms with Crippen LogP contribution in [0.15, 0.2) is 29.2 Å². The molecule has 0 saturated heterocycles. The van der Waals surface area contributed by atoms with Crippen LogP contribution in [0, 0.1) is 12.8 Å². The van der Waals surface area contributed by atoms with E-state index in [2.05, 4.69) is 34.2 Å². The smallest absolute Gasteiger partial charge is 0.259 e. The summed E-state index contributed by atoms with van der Waals surface area (Å²) >= 11 is 6.06. The average Bonchev–Trinajstić information content (AvgIpc) is 3.28. The van der Waals surface area contributed by atoms with E-state index in [1.54, 1.807) is 48.7 Å². The Hall–Kier alpha value is -3.73. The molecule has 0 unspecified atom stereocenters. The molecule has 3 aromatic rings. The number of halogens is 1. The molecule has 3 amide bonds. The molecule has 1 aliphatic heterocycles. The summed E-state index contributed by atoms with van der Waals surface area (Å²) in [5.41, 5.74) is 0.156. The fraction of sp³-hybridized carbons (Fsp3) is 0.500. The number of nitrogens with one attached hydrogen (secondary N) is 2. The van der Waals surface area contributed by atoms with Gasteiger partial charge < -0.3 is 20.1 Å². The zero-order chi connectivity index (χ0) is 29.1. The summed E-state index contributed by atoms with van der Waals surface area (Å²) in [6.45, 7) is 8.36. The zero-order valence-corrected chi connectivity index (χ0v) is 24.3. The van der Waals surface area contributed by atoms with E-state index in [1.165, 1.54) is 11.1 Å². The van der Waals surface area contributed by atoms with E-state index in [4.69, 9.17) is 11.6 Å². The quantitative estimate of drug-likeness (QED) is 0.498. The van der Waals surface area contributed by atoms with Crippen LogP contribution in [0.5, 0.6) is 0 Å². The van der Waals surface area contributed by atoms with Gasteiger partial charge in [0.1, 0.15) is 23.3 Å². The highest BCUT2D eigenvalue weighted by Crippen LogP contribution is 2.22. The molecule has 1 aliphatic rings. The lowest BCUT2D eigenvalue weighted by molar-refractivity contribution is -0.138. The van der Waals surface area contributed by atoms with Gasteiger partial charge in [0.15, 0.2) is 0 Å². The number of carbonyl (C=O) groups excluding carboxylic acids is 3. The second-order valence-corrected chi connectivity index (χ2v) is 11.2. The number of benzene rings is 1. The number of aryl methyl sites for hydroxylation is 1. The van der Waals surface area contributed by atoms with Gasteiger partial charge in [0.25, 0.3) is 5.91 Å². The molecule has 2 atom stereocenters. The van der Waals surface area contributed by atoms with Gasteiger partial charge in [-0.1, -0.05) is 25.4 Å². The second kappa shape index (κ2) is 12.2. The number of H-pyrrole nitrogens is 1. The number of likely N-dealkylation sites (N-methyl/N-ethyl adjacent to an activating group) is 1. The first-order valence-corrected chi connectivity index (χ1v) is 13.9. The van der Waals surface area contributed by atoms with E-state index < -0.39 is 23.4 Å². The molecule has 3 heterocycles. The molecule has 2 N–H and O–H groups in total. The van der Waals surface area contributed by atoms with Crippen molar-refractivity contribution in [3.63, 3.8) is 0 Å². The first kappa shape index (κ1) is 29.3. The van der Waals surface area contributed by atoms with Gasteiger partial charge in [0.05, 0.1) is 18.1 Å². The molecular weight excluding hydrogens is 534 g/mol. The van der Waals surface area contributed by atoms with Gasteiger partial charge in [-0.15, -0.1) is 0 Å². The Morgan fingerprint density at radius 2 is 1.93 bits per heavy atom. The van der Waals surface area contributed by atoms with E-state index in [0.717, 1.165) is 0 Å². The van der Waals surface area contributed by atoms with E-state index in [0.29, 0.717) is 47.0 Å². The average molecular weight is 570 g/mol. The summed E-state index contributed by atoms with van der Waals surface area (Å²) in [5, 5.41) is 8.47. The Labute approximate surface area is 237 Å². The van der Waals surface area contributed by atoms with Crippen molar-refractivity contribution in [3.8, 4) is 0 Å². The molecular formula is C28H36ClN7O4. The highest BCUT2D eigenvalue weighted by atomic mass is 35.5. The summed E-state index contributed by atoms with van der Waals surface area (Å²) in [6, 6.07) is 3.73. The lowest BCUT2D eigenvalue weighted by Crippen LogP contribution is -2.48. The van der Waals surface area contributed by atoms with Gasteiger partial charge in [0.2, 0.25) is 17.2 Å². The Balaban J connectivity index is 1.70. The molecule has 0 radical (unpaired) electrons. The summed E-state index contributed by atoms with van der Waals surface area (Å²) in [6.07, 6.45) is 2.54. The number of amides is 3. The van der Waals surface area contributed by atoms with E-state index in [-0.39, 0.29) is 42.8 Å². The first-order chi connectivity index (χ1) is 19.0. The van der Waals surface area contributed by atoms with Crippen molar-refractivity contribution < 1.29 is 14.4 Å². The number of rotatable bonds is 3. The number of hydrogen-bond donors (Lipinski definition) is 2. The third-order valence-corrected chi connectivity index (χ3v) is 7.49. The molecule has 0 fully saturated rings. The van der Waals surface area contributed by atoms with Crippen molar-refractivity contribution in [3.05, 3.63) is 56.9 Å². The fourth-order valence-electron chi connectivity index (χ4n) is 4.93. The molecule has 12 heteroatoms. The van der Waals surface area contributed by atoms with Crippen molar-refractivity contribution in [2.75, 3.05) is 20.1 Å². The zero-order valence-electron chi connectivity index (χ0n) is 23.5. The Bertz CT molecular complexity index is 1480. The minimum atomic E-state index is -0.690. The van der Waals surface area contributed by atoms with Crippen LogP contribution in [-0.2, 0) is 16.1 Å². The van der Waals surface area contributed by atoms with Crippen LogP contribution in [-0.4, -0.2) is 73.4 Å². The van der Waals surface area contributed by atoms with Crippen molar-refractivity contribution >= 4 is 40.2 Å². The van der Waals surface area contributed by atoms with Gasteiger partial charge in [-0.3, -0.25) is 19.2 Å². The molecule has 2 aromatic heterocycles. The number of aromatic amines is 1. The van der Waals surface area contributed by atoms with Gasteiger partial charge in [-0.05, 0) is 50.8 Å². The monoisotopic (exact) mass is 569 g/mol. The van der Waals surface area contributed by atoms with E-state index in [1.807, 2.05) is 0 Å². The SMILES string of the molecule is Cc1nc2n(n1)CCN(C(=O)c1c[nH]c3cc(Cl)ccc3c1=O)CCCC(=O)N(C)[C@@H](C)C(=O)N[C@@H]2CC(C)C. The number of carbonyl (C=O) groups is 3. The highest BCUT2D eigenvalue weighted by molar-refractivity contribution is 6.31. The van der Waals surface area contributed by atoms with Crippen LogP contribution in [0.25, 0.3) is 10.9 Å².